The van der Waals surface area contributed by atoms with Gasteiger partial charge in [-0.25, -0.2) is 0 Å². The molecule has 4 rings (SSSR count). The van der Waals surface area contributed by atoms with E-state index < -0.39 is 0 Å². The molecule has 0 saturated heterocycles. The van der Waals surface area contributed by atoms with E-state index in [1.54, 1.807) is 0 Å². The van der Waals surface area contributed by atoms with E-state index in [4.69, 9.17) is 0 Å². The summed E-state index contributed by atoms with van der Waals surface area (Å²) >= 11 is 0. The second-order valence-corrected chi connectivity index (χ2v) is 6.31. The second kappa shape index (κ2) is 7.67. The molecule has 0 fully saturated rings. The molecular formula is C26H20. The zero-order valence-corrected chi connectivity index (χ0v) is 14.5. The van der Waals surface area contributed by atoms with Crippen LogP contribution in [0.3, 0.4) is 0 Å². The van der Waals surface area contributed by atoms with Crippen molar-refractivity contribution in [2.75, 3.05) is 0 Å². The summed E-state index contributed by atoms with van der Waals surface area (Å²) in [7, 11) is 0. The van der Waals surface area contributed by atoms with Crippen LogP contribution in [0.5, 0.6) is 0 Å². The van der Waals surface area contributed by atoms with E-state index in [1.807, 2.05) is 12.1 Å². The third kappa shape index (κ3) is 3.81. The Bertz CT molecular complexity index is 892. The SMILES string of the molecule is C(=C\c1ccc(-c2ccccc2)cc1)/c1ccc(-c2ccccc2)cc1. The van der Waals surface area contributed by atoms with Gasteiger partial charge >= 0.3 is 0 Å². The van der Waals surface area contributed by atoms with Crippen LogP contribution in [0.25, 0.3) is 34.4 Å². The van der Waals surface area contributed by atoms with Crippen molar-refractivity contribution in [2.45, 2.75) is 0 Å². The molecule has 0 radical (unpaired) electrons. The smallest absolute Gasteiger partial charge is 0.0184 e. The minimum absolute atomic E-state index is 1.21. The molecule has 4 aromatic carbocycles. The van der Waals surface area contributed by atoms with Gasteiger partial charge in [-0.05, 0) is 33.4 Å². The van der Waals surface area contributed by atoms with Gasteiger partial charge in [0.2, 0.25) is 0 Å². The summed E-state index contributed by atoms with van der Waals surface area (Å²) in [5.74, 6) is 0. The van der Waals surface area contributed by atoms with Crippen LogP contribution in [-0.4, -0.2) is 0 Å². The molecule has 4 aromatic rings. The van der Waals surface area contributed by atoms with Crippen LogP contribution in [0.1, 0.15) is 11.1 Å². The molecular weight excluding hydrogens is 312 g/mol. The molecule has 0 aliphatic rings. The van der Waals surface area contributed by atoms with E-state index in [1.165, 1.54) is 33.4 Å². The lowest BCUT2D eigenvalue weighted by Crippen LogP contribution is -1.79. The van der Waals surface area contributed by atoms with E-state index in [9.17, 15) is 0 Å². The summed E-state index contributed by atoms with van der Waals surface area (Å²) in [6.45, 7) is 0. The first-order valence-corrected chi connectivity index (χ1v) is 8.87. The minimum Gasteiger partial charge on any atom is -0.0622 e. The van der Waals surface area contributed by atoms with Crippen LogP contribution in [0.15, 0.2) is 109 Å². The molecule has 0 heteroatoms. The lowest BCUT2D eigenvalue weighted by atomic mass is 10.0. The van der Waals surface area contributed by atoms with Gasteiger partial charge in [0.15, 0.2) is 0 Å². The van der Waals surface area contributed by atoms with Gasteiger partial charge in [0.05, 0.1) is 0 Å². The predicted octanol–water partition coefficient (Wildman–Crippen LogP) is 7.19. The lowest BCUT2D eigenvalue weighted by Gasteiger charge is -2.03. The van der Waals surface area contributed by atoms with Crippen LogP contribution in [0.4, 0.5) is 0 Å². The van der Waals surface area contributed by atoms with Gasteiger partial charge in [-0.2, -0.15) is 0 Å². The number of hydrogen-bond donors (Lipinski definition) is 0. The average molecular weight is 332 g/mol. The maximum Gasteiger partial charge on any atom is -0.0184 e. The van der Waals surface area contributed by atoms with Crippen LogP contribution >= 0.6 is 0 Å². The molecule has 26 heavy (non-hydrogen) atoms. The minimum atomic E-state index is 1.21. The standard InChI is InChI=1S/C26H20/c1-3-7-23(8-4-1)25-17-13-21(14-18-25)11-12-22-15-19-26(20-16-22)24-9-5-2-6-10-24/h1-20H/b12-11+. The monoisotopic (exact) mass is 332 g/mol. The topological polar surface area (TPSA) is 0 Å². The zero-order chi connectivity index (χ0) is 17.6. The van der Waals surface area contributed by atoms with E-state index in [0.29, 0.717) is 0 Å². The van der Waals surface area contributed by atoms with Gasteiger partial charge in [-0.3, -0.25) is 0 Å². The van der Waals surface area contributed by atoms with Crippen molar-refractivity contribution in [2.24, 2.45) is 0 Å². The van der Waals surface area contributed by atoms with Gasteiger partial charge in [0.25, 0.3) is 0 Å². The first kappa shape index (κ1) is 16.1. The fourth-order valence-electron chi connectivity index (χ4n) is 3.03. The van der Waals surface area contributed by atoms with Crippen molar-refractivity contribution in [3.63, 3.8) is 0 Å². The van der Waals surface area contributed by atoms with Crippen molar-refractivity contribution in [3.05, 3.63) is 120 Å². The van der Waals surface area contributed by atoms with Gasteiger partial charge in [-0.1, -0.05) is 121 Å². The first-order chi connectivity index (χ1) is 12.9. The number of benzene rings is 4. The Morgan fingerprint density at radius 3 is 0.962 bits per heavy atom. The summed E-state index contributed by atoms with van der Waals surface area (Å²) in [4.78, 5) is 0. The highest BCUT2D eigenvalue weighted by atomic mass is 14.0. The molecule has 0 heterocycles. The maximum absolute atomic E-state index is 2.17. The highest BCUT2D eigenvalue weighted by Gasteiger charge is 1.97. The predicted molar refractivity (Wildman–Crippen MR) is 113 cm³/mol. The summed E-state index contributed by atoms with van der Waals surface area (Å²) < 4.78 is 0. The summed E-state index contributed by atoms with van der Waals surface area (Å²) in [6, 6.07) is 38.3. The van der Waals surface area contributed by atoms with Gasteiger partial charge in [-0.15, -0.1) is 0 Å². The molecule has 0 amide bonds. The van der Waals surface area contributed by atoms with Crippen molar-refractivity contribution < 1.29 is 0 Å². The Balaban J connectivity index is 1.48. The summed E-state index contributed by atoms with van der Waals surface area (Å²) in [5, 5.41) is 0. The molecule has 0 N–H and O–H groups in total. The highest BCUT2D eigenvalue weighted by Crippen LogP contribution is 2.22. The van der Waals surface area contributed by atoms with E-state index in [-0.39, 0.29) is 0 Å². The Kier molecular flexibility index (Phi) is 4.75. The van der Waals surface area contributed by atoms with Crippen molar-refractivity contribution in [3.8, 4) is 22.3 Å². The van der Waals surface area contributed by atoms with Crippen LogP contribution in [0.2, 0.25) is 0 Å². The maximum atomic E-state index is 2.17. The molecule has 0 nitrogen and oxygen atoms in total. The van der Waals surface area contributed by atoms with Gasteiger partial charge < -0.3 is 0 Å². The van der Waals surface area contributed by atoms with E-state index in [2.05, 4.69) is 109 Å². The van der Waals surface area contributed by atoms with Crippen LogP contribution in [-0.2, 0) is 0 Å². The van der Waals surface area contributed by atoms with E-state index in [0.717, 1.165) is 0 Å². The largest absolute Gasteiger partial charge is 0.0622 e. The quantitative estimate of drug-likeness (QED) is 0.347. The molecule has 0 aliphatic carbocycles. The molecule has 0 unspecified atom stereocenters. The average Bonchev–Trinajstić information content (AvgIpc) is 2.74. The Labute approximate surface area is 155 Å². The molecule has 0 atom stereocenters. The van der Waals surface area contributed by atoms with Crippen molar-refractivity contribution in [1.29, 1.82) is 0 Å². The lowest BCUT2D eigenvalue weighted by molar-refractivity contribution is 1.59. The Hall–Kier alpha value is -3.38. The Morgan fingerprint density at radius 1 is 0.308 bits per heavy atom. The molecule has 124 valence electrons. The van der Waals surface area contributed by atoms with E-state index >= 15 is 0 Å². The van der Waals surface area contributed by atoms with Crippen LogP contribution in [0, 0.1) is 0 Å². The number of rotatable bonds is 4. The van der Waals surface area contributed by atoms with Crippen molar-refractivity contribution >= 4 is 12.2 Å². The Morgan fingerprint density at radius 2 is 0.615 bits per heavy atom. The van der Waals surface area contributed by atoms with Gasteiger partial charge in [0, 0.05) is 0 Å². The second-order valence-electron chi connectivity index (χ2n) is 6.31. The number of hydrogen-bond acceptors (Lipinski definition) is 0. The zero-order valence-electron chi connectivity index (χ0n) is 14.5. The fraction of sp³-hybridized carbons (Fsp3) is 0. The fourth-order valence-corrected chi connectivity index (χ4v) is 3.03. The van der Waals surface area contributed by atoms with Crippen molar-refractivity contribution in [1.82, 2.24) is 0 Å². The summed E-state index contributed by atoms with van der Waals surface area (Å²) in [5.41, 5.74) is 7.40. The van der Waals surface area contributed by atoms with Gasteiger partial charge in [0.1, 0.15) is 0 Å². The summed E-state index contributed by atoms with van der Waals surface area (Å²) in [6.07, 6.45) is 4.32. The molecule has 0 aliphatic heterocycles. The molecule has 0 bridgehead atoms. The van der Waals surface area contributed by atoms with Crippen LogP contribution < -0.4 is 0 Å². The third-order valence-electron chi connectivity index (χ3n) is 4.50. The molecule has 0 spiro atoms. The highest BCUT2D eigenvalue weighted by molar-refractivity contribution is 5.73. The molecule has 0 aromatic heterocycles. The molecule has 0 saturated carbocycles. The normalized spacial score (nSPS) is 10.9. The third-order valence-corrected chi connectivity index (χ3v) is 4.50. The first-order valence-electron chi connectivity index (χ1n) is 8.87.